The molecule has 0 radical (unpaired) electrons. The van der Waals surface area contributed by atoms with E-state index >= 15 is 0 Å². The normalized spacial score (nSPS) is 9.88. The Morgan fingerprint density at radius 1 is 1.12 bits per heavy atom. The average molecular weight is 330 g/mol. The Balaban J connectivity index is 1.68. The number of nitriles is 1. The minimum Gasteiger partial charge on any atom is -0.347 e. The van der Waals surface area contributed by atoms with E-state index in [9.17, 15) is 4.79 Å². The highest BCUT2D eigenvalue weighted by Crippen LogP contribution is 2.14. The molecule has 3 aromatic rings. The summed E-state index contributed by atoms with van der Waals surface area (Å²) in [5.41, 5.74) is 2.40. The molecular weight excluding hydrogens is 316 g/mol. The van der Waals surface area contributed by atoms with E-state index in [1.807, 2.05) is 12.1 Å². The van der Waals surface area contributed by atoms with Gasteiger partial charge in [-0.15, -0.1) is 0 Å². The number of aromatic nitrogens is 3. The van der Waals surface area contributed by atoms with Gasteiger partial charge in [0.1, 0.15) is 5.69 Å². The maximum atomic E-state index is 12.2. The van der Waals surface area contributed by atoms with E-state index in [-0.39, 0.29) is 17.5 Å². The molecule has 1 amide bonds. The van der Waals surface area contributed by atoms with E-state index < -0.39 is 0 Å². The zero-order chi connectivity index (χ0) is 17.5. The van der Waals surface area contributed by atoms with Crippen LogP contribution in [-0.2, 0) is 6.54 Å². The van der Waals surface area contributed by atoms with Crippen molar-refractivity contribution in [1.82, 2.24) is 20.3 Å². The van der Waals surface area contributed by atoms with Crippen LogP contribution in [0.2, 0.25) is 0 Å². The van der Waals surface area contributed by atoms with E-state index in [2.05, 4.69) is 31.7 Å². The van der Waals surface area contributed by atoms with Crippen molar-refractivity contribution in [2.24, 2.45) is 0 Å². The molecule has 2 N–H and O–H groups in total. The van der Waals surface area contributed by atoms with Gasteiger partial charge in [-0.05, 0) is 42.0 Å². The number of nitrogens with zero attached hydrogens (tertiary/aromatic N) is 4. The third kappa shape index (κ3) is 4.36. The standard InChI is InChI=1S/C18H14N6O/c19-11-14-2-1-3-15(10-14)23-18-21-9-6-16(24-18)17(25)22-12-13-4-7-20-8-5-13/h1-10H,12H2,(H,22,25)(H,21,23,24). The molecular formula is C18H14N6O. The van der Waals surface area contributed by atoms with Crippen molar-refractivity contribution >= 4 is 17.5 Å². The molecule has 7 heteroatoms. The fraction of sp³-hybridized carbons (Fsp3) is 0.0556. The highest BCUT2D eigenvalue weighted by Gasteiger charge is 2.09. The van der Waals surface area contributed by atoms with E-state index in [1.54, 1.807) is 42.7 Å². The van der Waals surface area contributed by atoms with Crippen LogP contribution in [0.25, 0.3) is 0 Å². The molecule has 0 spiro atoms. The van der Waals surface area contributed by atoms with Gasteiger partial charge in [-0.1, -0.05) is 6.07 Å². The predicted octanol–water partition coefficient (Wildman–Crippen LogP) is 2.42. The van der Waals surface area contributed by atoms with E-state index in [0.717, 1.165) is 5.56 Å². The van der Waals surface area contributed by atoms with Gasteiger partial charge in [-0.2, -0.15) is 5.26 Å². The van der Waals surface area contributed by atoms with Gasteiger partial charge >= 0.3 is 0 Å². The Labute approximate surface area is 144 Å². The number of carbonyl (C=O) groups excluding carboxylic acids is 1. The number of carbonyl (C=O) groups is 1. The predicted molar refractivity (Wildman–Crippen MR) is 91.9 cm³/mol. The maximum Gasteiger partial charge on any atom is 0.270 e. The van der Waals surface area contributed by atoms with Gasteiger partial charge in [-0.25, -0.2) is 9.97 Å². The number of amides is 1. The molecule has 0 unspecified atom stereocenters. The van der Waals surface area contributed by atoms with Crippen molar-refractivity contribution < 1.29 is 4.79 Å². The summed E-state index contributed by atoms with van der Waals surface area (Å²) >= 11 is 0. The molecule has 7 nitrogen and oxygen atoms in total. The Hall–Kier alpha value is -3.79. The highest BCUT2D eigenvalue weighted by molar-refractivity contribution is 5.92. The van der Waals surface area contributed by atoms with Crippen LogP contribution in [0, 0.1) is 11.3 Å². The molecule has 0 fully saturated rings. The van der Waals surface area contributed by atoms with Gasteiger partial charge in [0.05, 0.1) is 11.6 Å². The molecule has 1 aromatic carbocycles. The summed E-state index contributed by atoms with van der Waals surface area (Å²) in [6.45, 7) is 0.387. The minimum atomic E-state index is -0.298. The first-order valence-corrected chi connectivity index (χ1v) is 7.52. The molecule has 0 aliphatic rings. The molecule has 0 atom stereocenters. The first-order chi connectivity index (χ1) is 12.2. The summed E-state index contributed by atoms with van der Waals surface area (Å²) < 4.78 is 0. The zero-order valence-corrected chi connectivity index (χ0v) is 13.2. The zero-order valence-electron chi connectivity index (χ0n) is 13.2. The van der Waals surface area contributed by atoms with Crippen LogP contribution in [0.15, 0.2) is 61.1 Å². The van der Waals surface area contributed by atoms with Crippen molar-refractivity contribution in [1.29, 1.82) is 5.26 Å². The molecule has 3 rings (SSSR count). The first-order valence-electron chi connectivity index (χ1n) is 7.52. The van der Waals surface area contributed by atoms with Crippen molar-refractivity contribution in [2.45, 2.75) is 6.54 Å². The third-order valence-electron chi connectivity index (χ3n) is 3.34. The first kappa shape index (κ1) is 16.1. The molecule has 122 valence electrons. The van der Waals surface area contributed by atoms with Crippen molar-refractivity contribution in [2.75, 3.05) is 5.32 Å². The summed E-state index contributed by atoms with van der Waals surface area (Å²) in [6.07, 6.45) is 4.85. The number of benzene rings is 1. The number of hydrogen-bond donors (Lipinski definition) is 2. The largest absolute Gasteiger partial charge is 0.347 e. The van der Waals surface area contributed by atoms with Crippen LogP contribution in [0.3, 0.4) is 0 Å². The Morgan fingerprint density at radius 3 is 2.76 bits per heavy atom. The second-order valence-electron chi connectivity index (χ2n) is 5.12. The van der Waals surface area contributed by atoms with Gasteiger partial charge < -0.3 is 10.6 Å². The molecule has 0 saturated carbocycles. The monoisotopic (exact) mass is 330 g/mol. The van der Waals surface area contributed by atoms with Gasteiger partial charge in [0.2, 0.25) is 5.95 Å². The smallest absolute Gasteiger partial charge is 0.270 e. The number of hydrogen-bond acceptors (Lipinski definition) is 6. The highest BCUT2D eigenvalue weighted by atomic mass is 16.1. The number of nitrogens with one attached hydrogen (secondary N) is 2. The van der Waals surface area contributed by atoms with Crippen molar-refractivity contribution in [3.8, 4) is 6.07 Å². The lowest BCUT2D eigenvalue weighted by molar-refractivity contribution is 0.0946. The molecule has 0 bridgehead atoms. The van der Waals surface area contributed by atoms with E-state index in [0.29, 0.717) is 17.8 Å². The topological polar surface area (TPSA) is 104 Å². The SMILES string of the molecule is N#Cc1cccc(Nc2nccc(C(=O)NCc3ccncc3)n2)c1. The maximum absolute atomic E-state index is 12.2. The summed E-state index contributed by atoms with van der Waals surface area (Å²) in [5.74, 6) is -0.0142. The Morgan fingerprint density at radius 2 is 1.96 bits per heavy atom. The number of anilines is 2. The second kappa shape index (κ2) is 7.66. The van der Waals surface area contributed by atoms with Crippen LogP contribution in [0.5, 0.6) is 0 Å². The molecule has 2 aromatic heterocycles. The van der Waals surface area contributed by atoms with Crippen LogP contribution in [-0.4, -0.2) is 20.9 Å². The van der Waals surface area contributed by atoms with E-state index in [1.165, 1.54) is 6.20 Å². The summed E-state index contributed by atoms with van der Waals surface area (Å²) in [5, 5.41) is 14.7. The van der Waals surface area contributed by atoms with Gasteiger partial charge in [0.25, 0.3) is 5.91 Å². The molecule has 25 heavy (non-hydrogen) atoms. The Bertz CT molecular complexity index is 920. The van der Waals surface area contributed by atoms with Gasteiger partial charge in [0, 0.05) is 30.8 Å². The number of pyridine rings is 1. The van der Waals surface area contributed by atoms with Gasteiger partial charge in [0.15, 0.2) is 0 Å². The minimum absolute atomic E-state index is 0.253. The lowest BCUT2D eigenvalue weighted by Crippen LogP contribution is -2.24. The number of rotatable bonds is 5. The quantitative estimate of drug-likeness (QED) is 0.744. The van der Waals surface area contributed by atoms with Crippen LogP contribution in [0.1, 0.15) is 21.6 Å². The van der Waals surface area contributed by atoms with Crippen LogP contribution >= 0.6 is 0 Å². The summed E-state index contributed by atoms with van der Waals surface area (Å²) in [4.78, 5) is 24.5. The van der Waals surface area contributed by atoms with Crippen LogP contribution < -0.4 is 10.6 Å². The summed E-state index contributed by atoms with van der Waals surface area (Å²) in [7, 11) is 0. The average Bonchev–Trinajstić information content (AvgIpc) is 2.67. The van der Waals surface area contributed by atoms with Gasteiger partial charge in [-0.3, -0.25) is 9.78 Å². The molecule has 0 aliphatic heterocycles. The second-order valence-corrected chi connectivity index (χ2v) is 5.12. The molecule has 2 heterocycles. The van der Waals surface area contributed by atoms with Crippen molar-refractivity contribution in [3.63, 3.8) is 0 Å². The summed E-state index contributed by atoms with van der Waals surface area (Å²) in [6, 6.07) is 14.2. The fourth-order valence-corrected chi connectivity index (χ4v) is 2.11. The molecule has 0 saturated heterocycles. The Kier molecular flexibility index (Phi) is 4.93. The third-order valence-corrected chi connectivity index (χ3v) is 3.34. The fourth-order valence-electron chi connectivity index (χ4n) is 2.11. The molecule has 0 aliphatic carbocycles. The lowest BCUT2D eigenvalue weighted by Gasteiger charge is -2.07. The lowest BCUT2D eigenvalue weighted by atomic mass is 10.2. The van der Waals surface area contributed by atoms with E-state index in [4.69, 9.17) is 5.26 Å². The van der Waals surface area contributed by atoms with Crippen LogP contribution in [0.4, 0.5) is 11.6 Å². The van der Waals surface area contributed by atoms with Crippen molar-refractivity contribution in [3.05, 3.63) is 77.9 Å².